The molecule has 1 amide bonds. The van der Waals surface area contributed by atoms with Crippen molar-refractivity contribution in [1.29, 1.82) is 0 Å². The first kappa shape index (κ1) is 12.5. The molecule has 0 unspecified atom stereocenters. The molecule has 0 saturated heterocycles. The Morgan fingerprint density at radius 2 is 2.28 bits per heavy atom. The predicted octanol–water partition coefficient (Wildman–Crippen LogP) is 1.14. The third kappa shape index (κ3) is 3.06. The number of aromatic nitrogens is 3. The van der Waals surface area contributed by atoms with Gasteiger partial charge in [0.15, 0.2) is 0 Å². The molecule has 94 valence electrons. The van der Waals surface area contributed by atoms with E-state index in [9.17, 15) is 4.79 Å². The van der Waals surface area contributed by atoms with Crippen molar-refractivity contribution in [2.45, 2.75) is 6.54 Å². The van der Waals surface area contributed by atoms with Gasteiger partial charge in [-0.1, -0.05) is 11.6 Å². The van der Waals surface area contributed by atoms with Crippen molar-refractivity contribution in [3.05, 3.63) is 41.7 Å². The number of pyridine rings is 1. The van der Waals surface area contributed by atoms with Crippen LogP contribution in [0.1, 0.15) is 10.5 Å². The number of carbonyl (C=O) groups is 1. The Hall–Kier alpha value is -1.92. The molecule has 0 aliphatic carbocycles. The molecular weight excluding hydrogens is 254 g/mol. The maximum atomic E-state index is 11.8. The van der Waals surface area contributed by atoms with Gasteiger partial charge in [0.2, 0.25) is 0 Å². The minimum atomic E-state index is -0.296. The van der Waals surface area contributed by atoms with Gasteiger partial charge >= 0.3 is 0 Å². The van der Waals surface area contributed by atoms with Gasteiger partial charge in [0.25, 0.3) is 5.91 Å². The molecule has 0 aromatic carbocycles. The van der Waals surface area contributed by atoms with Gasteiger partial charge < -0.3 is 15.6 Å². The zero-order valence-electron chi connectivity index (χ0n) is 9.51. The van der Waals surface area contributed by atoms with E-state index in [1.165, 1.54) is 6.20 Å². The largest absolute Gasteiger partial charge is 0.335 e. The summed E-state index contributed by atoms with van der Waals surface area (Å²) >= 11 is 5.65. The van der Waals surface area contributed by atoms with E-state index in [1.807, 2.05) is 0 Å². The summed E-state index contributed by atoms with van der Waals surface area (Å²) in [4.78, 5) is 19.7. The molecule has 0 bridgehead atoms. The highest BCUT2D eigenvalue weighted by molar-refractivity contribution is 6.29. The molecule has 0 radical (unpaired) electrons. The van der Waals surface area contributed by atoms with Gasteiger partial charge in [-0.25, -0.2) is 9.97 Å². The monoisotopic (exact) mass is 265 g/mol. The van der Waals surface area contributed by atoms with Crippen LogP contribution in [0.5, 0.6) is 0 Å². The highest BCUT2D eigenvalue weighted by Crippen LogP contribution is 2.10. The first-order chi connectivity index (χ1) is 8.69. The number of imidazole rings is 1. The van der Waals surface area contributed by atoms with Crippen LogP contribution < -0.4 is 11.1 Å². The number of halogens is 1. The summed E-state index contributed by atoms with van der Waals surface area (Å²) in [6.07, 6.45) is 4.70. The van der Waals surface area contributed by atoms with Gasteiger partial charge in [-0.15, -0.1) is 0 Å². The molecule has 2 rings (SSSR count). The lowest BCUT2D eigenvalue weighted by atomic mass is 10.4. The SMILES string of the molecule is NCCn1cnc(C(=O)Nc2ccc(Cl)nc2)c1. The summed E-state index contributed by atoms with van der Waals surface area (Å²) in [5.74, 6) is -0.296. The Morgan fingerprint density at radius 1 is 1.44 bits per heavy atom. The number of nitrogens with two attached hydrogens (primary N) is 1. The van der Waals surface area contributed by atoms with Crippen molar-refractivity contribution < 1.29 is 4.79 Å². The van der Waals surface area contributed by atoms with Gasteiger partial charge in [-0.2, -0.15) is 0 Å². The van der Waals surface area contributed by atoms with Crippen molar-refractivity contribution >= 4 is 23.2 Å². The van der Waals surface area contributed by atoms with Crippen LogP contribution in [-0.4, -0.2) is 27.0 Å². The smallest absolute Gasteiger partial charge is 0.275 e. The fourth-order valence-electron chi connectivity index (χ4n) is 1.39. The fourth-order valence-corrected chi connectivity index (χ4v) is 1.51. The van der Waals surface area contributed by atoms with Gasteiger partial charge in [0.05, 0.1) is 18.2 Å². The Bertz CT molecular complexity index is 537. The van der Waals surface area contributed by atoms with E-state index in [0.29, 0.717) is 29.6 Å². The molecule has 2 heterocycles. The number of nitrogens with zero attached hydrogens (tertiary/aromatic N) is 3. The highest BCUT2D eigenvalue weighted by atomic mass is 35.5. The standard InChI is InChI=1S/C11H12ClN5O/c12-10-2-1-8(5-14-10)16-11(18)9-6-17(4-3-13)7-15-9/h1-2,5-7H,3-4,13H2,(H,16,18). The summed E-state index contributed by atoms with van der Waals surface area (Å²) in [7, 11) is 0. The topological polar surface area (TPSA) is 85.8 Å². The lowest BCUT2D eigenvalue weighted by molar-refractivity contribution is 0.102. The fraction of sp³-hybridized carbons (Fsp3) is 0.182. The molecule has 2 aromatic rings. The maximum absolute atomic E-state index is 11.8. The lowest BCUT2D eigenvalue weighted by Gasteiger charge is -2.02. The van der Waals surface area contributed by atoms with Crippen molar-refractivity contribution in [3.8, 4) is 0 Å². The third-order valence-electron chi connectivity index (χ3n) is 2.24. The minimum Gasteiger partial charge on any atom is -0.335 e. The Labute approximate surface area is 109 Å². The third-order valence-corrected chi connectivity index (χ3v) is 2.46. The Kier molecular flexibility index (Phi) is 3.91. The number of hydrogen-bond acceptors (Lipinski definition) is 4. The van der Waals surface area contributed by atoms with Crippen LogP contribution in [0, 0.1) is 0 Å². The normalized spacial score (nSPS) is 10.3. The van der Waals surface area contributed by atoms with Crippen molar-refractivity contribution in [1.82, 2.24) is 14.5 Å². The van der Waals surface area contributed by atoms with Crippen LogP contribution >= 0.6 is 11.6 Å². The second-order valence-corrected chi connectivity index (χ2v) is 4.00. The summed E-state index contributed by atoms with van der Waals surface area (Å²) in [6.45, 7) is 1.13. The summed E-state index contributed by atoms with van der Waals surface area (Å²) in [6, 6.07) is 3.27. The second kappa shape index (κ2) is 5.61. The lowest BCUT2D eigenvalue weighted by Crippen LogP contribution is -2.13. The molecule has 0 fully saturated rings. The van der Waals surface area contributed by atoms with Gasteiger partial charge in [-0.3, -0.25) is 4.79 Å². The number of carbonyl (C=O) groups excluding carboxylic acids is 1. The van der Waals surface area contributed by atoms with Crippen LogP contribution in [0.4, 0.5) is 5.69 Å². The van der Waals surface area contributed by atoms with Crippen LogP contribution in [0.3, 0.4) is 0 Å². The van der Waals surface area contributed by atoms with E-state index in [0.717, 1.165) is 0 Å². The second-order valence-electron chi connectivity index (χ2n) is 3.61. The minimum absolute atomic E-state index is 0.296. The number of hydrogen-bond donors (Lipinski definition) is 2. The maximum Gasteiger partial charge on any atom is 0.275 e. The molecule has 3 N–H and O–H groups in total. The molecule has 0 aliphatic rings. The van der Waals surface area contributed by atoms with E-state index in [4.69, 9.17) is 17.3 Å². The molecule has 2 aromatic heterocycles. The molecule has 18 heavy (non-hydrogen) atoms. The highest BCUT2D eigenvalue weighted by Gasteiger charge is 2.09. The van der Waals surface area contributed by atoms with Crippen LogP contribution in [0.25, 0.3) is 0 Å². The molecule has 0 spiro atoms. The first-order valence-corrected chi connectivity index (χ1v) is 5.71. The van der Waals surface area contributed by atoms with E-state index < -0.39 is 0 Å². The van der Waals surface area contributed by atoms with Crippen molar-refractivity contribution in [3.63, 3.8) is 0 Å². The first-order valence-electron chi connectivity index (χ1n) is 5.34. The molecule has 0 saturated carbocycles. The van der Waals surface area contributed by atoms with E-state index in [-0.39, 0.29) is 5.91 Å². The summed E-state index contributed by atoms with van der Waals surface area (Å²) in [5.41, 5.74) is 6.31. The summed E-state index contributed by atoms with van der Waals surface area (Å²) in [5, 5.41) is 3.05. The van der Waals surface area contributed by atoms with Crippen LogP contribution in [-0.2, 0) is 6.54 Å². The van der Waals surface area contributed by atoms with Crippen LogP contribution in [0.2, 0.25) is 5.15 Å². The van der Waals surface area contributed by atoms with Crippen molar-refractivity contribution in [2.24, 2.45) is 5.73 Å². The molecular formula is C11H12ClN5O. The van der Waals surface area contributed by atoms with E-state index in [2.05, 4.69) is 15.3 Å². The Morgan fingerprint density at radius 3 is 2.94 bits per heavy atom. The average molecular weight is 266 g/mol. The Balaban J connectivity index is 2.04. The number of amides is 1. The zero-order valence-corrected chi connectivity index (χ0v) is 10.3. The molecule has 6 nitrogen and oxygen atoms in total. The molecule has 7 heteroatoms. The number of nitrogens with one attached hydrogen (secondary N) is 1. The predicted molar refractivity (Wildman–Crippen MR) is 68.5 cm³/mol. The van der Waals surface area contributed by atoms with Gasteiger partial charge in [0.1, 0.15) is 10.8 Å². The van der Waals surface area contributed by atoms with E-state index in [1.54, 1.807) is 29.2 Å². The average Bonchev–Trinajstić information content (AvgIpc) is 2.81. The van der Waals surface area contributed by atoms with Crippen molar-refractivity contribution in [2.75, 3.05) is 11.9 Å². The van der Waals surface area contributed by atoms with E-state index >= 15 is 0 Å². The number of anilines is 1. The van der Waals surface area contributed by atoms with Gasteiger partial charge in [-0.05, 0) is 12.1 Å². The number of rotatable bonds is 4. The summed E-state index contributed by atoms with van der Waals surface area (Å²) < 4.78 is 1.76. The molecule has 0 atom stereocenters. The van der Waals surface area contributed by atoms with Crippen LogP contribution in [0.15, 0.2) is 30.9 Å². The zero-order chi connectivity index (χ0) is 13.0. The van der Waals surface area contributed by atoms with Gasteiger partial charge in [0, 0.05) is 19.3 Å². The molecule has 0 aliphatic heterocycles. The quantitative estimate of drug-likeness (QED) is 0.812.